The van der Waals surface area contributed by atoms with E-state index in [-0.39, 0.29) is 43.3 Å². The number of anilines is 1. The van der Waals surface area contributed by atoms with Gasteiger partial charge in [0.1, 0.15) is 29.9 Å². The maximum absolute atomic E-state index is 11.0. The van der Waals surface area contributed by atoms with Crippen molar-refractivity contribution in [3.05, 3.63) is 36.0 Å². The normalized spacial score (nSPS) is 17.7. The van der Waals surface area contributed by atoms with E-state index in [1.54, 1.807) is 17.1 Å². The molecule has 3 unspecified atom stereocenters. The first-order valence-electron chi connectivity index (χ1n) is 26.5. The zero-order chi connectivity index (χ0) is 54.2. The Morgan fingerprint density at radius 1 is 0.840 bits per heavy atom. The lowest BCUT2D eigenvalue weighted by atomic mass is 9.73. The van der Waals surface area contributed by atoms with Gasteiger partial charge >= 0.3 is 8.03 Å². The number of aliphatic imine (C=N–C) groups is 3. The highest BCUT2D eigenvalue weighted by molar-refractivity contribution is 7.37. The highest BCUT2D eigenvalue weighted by atomic mass is 35.5. The highest BCUT2D eigenvalue weighted by Crippen LogP contribution is 2.42. The van der Waals surface area contributed by atoms with Crippen molar-refractivity contribution in [1.82, 2.24) is 14.7 Å². The van der Waals surface area contributed by atoms with Crippen molar-refractivity contribution in [1.29, 1.82) is 0 Å². The fraction of sp³-hybridized carbons (Fsp3) is 0.745. The summed E-state index contributed by atoms with van der Waals surface area (Å²) < 4.78 is 74.4. The summed E-state index contributed by atoms with van der Waals surface area (Å²) in [6, 6.07) is 8.35. The molecule has 1 aromatic heterocycles. The number of hydrazone groups is 1. The first-order chi connectivity index (χ1) is 36.9. The Morgan fingerprint density at radius 2 is 1.43 bits per heavy atom. The zero-order valence-electron chi connectivity index (χ0n) is 45.4. The molecule has 3 saturated heterocycles. The number of likely N-dealkylation sites (tertiary alicyclic amines) is 1. The molecule has 3 atom stereocenters. The monoisotopic (exact) mass is 1100 g/mol. The van der Waals surface area contributed by atoms with Gasteiger partial charge in [-0.3, -0.25) is 9.98 Å². The molecule has 1 spiro atoms. The Morgan fingerprint density at radius 3 is 2.00 bits per heavy atom. The van der Waals surface area contributed by atoms with Crippen LogP contribution in [0, 0.1) is 5.41 Å². The van der Waals surface area contributed by atoms with Crippen LogP contribution >= 0.6 is 19.6 Å². The third-order valence-electron chi connectivity index (χ3n) is 11.5. The minimum absolute atomic E-state index is 0.0979. The van der Waals surface area contributed by atoms with Crippen molar-refractivity contribution in [2.45, 2.75) is 79.1 Å². The molecule has 3 fully saturated rings. The molecule has 3 N–H and O–H groups in total. The van der Waals surface area contributed by atoms with Crippen LogP contribution in [0.1, 0.15) is 78.5 Å². The summed E-state index contributed by atoms with van der Waals surface area (Å²) in [5, 5.41) is 8.35. The quantitative estimate of drug-likeness (QED) is 0.0106. The van der Waals surface area contributed by atoms with Gasteiger partial charge in [-0.2, -0.15) is 15.1 Å². The van der Waals surface area contributed by atoms with Crippen molar-refractivity contribution in [2.24, 2.45) is 31.3 Å². The van der Waals surface area contributed by atoms with E-state index in [4.69, 9.17) is 74.4 Å². The van der Waals surface area contributed by atoms with E-state index in [2.05, 4.69) is 60.8 Å². The fourth-order valence-electron chi connectivity index (χ4n) is 8.25. The standard InChI is InChI=1S/C47H75ClN9O13P.2C2H6/c1-3-14-60-16-18-62-20-21-63-19-17-61-15-12-51-30-39(54-49)32-67-27-26-65-23-22-64-24-25-66-28-29-69-41-7-5-40(6-8-41)55-13-4-11-47(34-55)35-56(36-47)46(52-37-48)43-31-53-57(45(43)50-2)44-10-9-42(70-44)33-68-38-71(58)59;2*1-2/h5-8,30-31,42,44H,2-4,9-29,32-38,49H2,1H3;2*1-2H3/p+1/b51-30?,52-46+,54-39+;;. The molecular formula is C51H88ClN9O13P+. The van der Waals surface area contributed by atoms with Crippen LogP contribution in [0.2, 0.25) is 0 Å². The second-order valence-electron chi connectivity index (χ2n) is 16.9. The van der Waals surface area contributed by atoms with Crippen molar-refractivity contribution < 1.29 is 61.6 Å². The maximum atomic E-state index is 11.0. The first kappa shape index (κ1) is 65.5. The van der Waals surface area contributed by atoms with Gasteiger partial charge in [0.05, 0.1) is 130 Å². The number of hydrogen-bond acceptors (Lipinski definition) is 19. The third kappa shape index (κ3) is 25.5. The Labute approximate surface area is 451 Å². The number of nitrogens with two attached hydrogens (primary N) is 1. The number of alkyl halides is 1. The third-order valence-corrected chi connectivity index (χ3v) is 12.1. The molecule has 0 radical (unpaired) electrons. The van der Waals surface area contributed by atoms with Gasteiger partial charge in [0, 0.05) is 50.1 Å². The van der Waals surface area contributed by atoms with E-state index in [1.165, 1.54) is 0 Å². The number of hydrogen-bond donors (Lipinski definition) is 2. The van der Waals surface area contributed by atoms with Crippen LogP contribution in [0.3, 0.4) is 0 Å². The van der Waals surface area contributed by atoms with Crippen molar-refractivity contribution in [3.63, 3.8) is 0 Å². The molecule has 4 heterocycles. The van der Waals surface area contributed by atoms with Gasteiger partial charge in [-0.15, -0.1) is 11.6 Å². The van der Waals surface area contributed by atoms with Crippen LogP contribution < -0.4 is 15.5 Å². The molecule has 1 aromatic carbocycles. The van der Waals surface area contributed by atoms with Crippen LogP contribution in [0.5, 0.6) is 5.75 Å². The molecule has 426 valence electrons. The van der Waals surface area contributed by atoms with E-state index < -0.39 is 8.03 Å². The van der Waals surface area contributed by atoms with Crippen molar-refractivity contribution >= 4 is 55.6 Å². The summed E-state index contributed by atoms with van der Waals surface area (Å²) in [5.41, 5.74) is 2.55. The molecule has 0 aliphatic carbocycles. The minimum atomic E-state index is -2.35. The van der Waals surface area contributed by atoms with Crippen molar-refractivity contribution in [2.75, 3.05) is 169 Å². The van der Waals surface area contributed by atoms with Crippen molar-refractivity contribution in [3.8, 4) is 5.75 Å². The first-order valence-corrected chi connectivity index (χ1v) is 28.4. The van der Waals surface area contributed by atoms with Gasteiger partial charge in [-0.05, 0) is 67.7 Å². The predicted molar refractivity (Wildman–Crippen MR) is 294 cm³/mol. The van der Waals surface area contributed by atoms with E-state index in [0.717, 1.165) is 81.3 Å². The maximum Gasteiger partial charge on any atom is 0.534 e. The Kier molecular flexibility index (Phi) is 36.2. The number of ether oxygens (including phenoxy) is 11. The summed E-state index contributed by atoms with van der Waals surface area (Å²) in [5.74, 6) is 7.57. The van der Waals surface area contributed by atoms with Gasteiger partial charge in [-0.25, -0.2) is 9.67 Å². The van der Waals surface area contributed by atoms with Crippen LogP contribution in [0.4, 0.5) is 11.5 Å². The Bertz CT molecular complexity index is 1900. The number of benzene rings is 1. The summed E-state index contributed by atoms with van der Waals surface area (Å²) >= 11 is 6.20. The number of nitrogens with zero attached hydrogens (tertiary/aromatic N) is 8. The smallest absolute Gasteiger partial charge is 0.491 e. The number of piperidine rings is 1. The SMILES string of the molecule is C=Nc1c(/C(=N\CCl)N2CC3(CCCN(c4ccc(OCCOCCOCCOCCOC/C(C=NCCOCCOCCOCCOCCC)=N/N)cc4)C3)C2)cnn1C1CCC(COC[P+](=O)O)O1.CC.CC. The molecule has 3 aliphatic rings. The number of aromatic nitrogens is 2. The zero-order valence-corrected chi connectivity index (χ0v) is 47.0. The number of rotatable bonds is 39. The summed E-state index contributed by atoms with van der Waals surface area (Å²) in [6.07, 6.45) is 7.19. The molecule has 3 aliphatic heterocycles. The second kappa shape index (κ2) is 41.4. The largest absolute Gasteiger partial charge is 0.534 e. The van der Waals surface area contributed by atoms with Crippen LogP contribution in [-0.4, -0.2) is 214 Å². The lowest BCUT2D eigenvalue weighted by Gasteiger charge is -2.56. The predicted octanol–water partition coefficient (Wildman–Crippen LogP) is 6.51. The molecule has 0 saturated carbocycles. The van der Waals surface area contributed by atoms with E-state index >= 15 is 0 Å². The van der Waals surface area contributed by atoms with E-state index in [1.807, 2.05) is 39.8 Å². The van der Waals surface area contributed by atoms with Gasteiger partial charge < -0.3 is 67.7 Å². The molecular weight excluding hydrogens is 1010 g/mol. The highest BCUT2D eigenvalue weighted by Gasteiger charge is 2.47. The Hall–Kier alpha value is -3.74. The number of halogens is 1. The van der Waals surface area contributed by atoms with Gasteiger partial charge in [0.15, 0.2) is 12.0 Å². The molecule has 24 heteroatoms. The summed E-state index contributed by atoms with van der Waals surface area (Å²) in [7, 11) is -2.35. The molecule has 2 aromatic rings. The van der Waals surface area contributed by atoms with Gasteiger partial charge in [0.2, 0.25) is 0 Å². The topological polar surface area (TPSA) is 239 Å². The Balaban J connectivity index is 0.00000361. The van der Waals surface area contributed by atoms with E-state index in [0.29, 0.717) is 124 Å². The fourth-order valence-corrected chi connectivity index (χ4v) is 8.63. The number of amidine groups is 1. The van der Waals surface area contributed by atoms with E-state index in [9.17, 15) is 4.57 Å². The minimum Gasteiger partial charge on any atom is -0.491 e. The van der Waals surface area contributed by atoms with Crippen LogP contribution in [0.25, 0.3) is 0 Å². The summed E-state index contributed by atoms with van der Waals surface area (Å²) in [6.45, 7) is 26.3. The van der Waals surface area contributed by atoms with Gasteiger partial charge in [0.25, 0.3) is 6.35 Å². The summed E-state index contributed by atoms with van der Waals surface area (Å²) in [4.78, 5) is 27.0. The molecule has 75 heavy (non-hydrogen) atoms. The molecule has 22 nitrogen and oxygen atoms in total. The second-order valence-corrected chi connectivity index (χ2v) is 18.1. The average molecular weight is 1100 g/mol. The lowest BCUT2D eigenvalue weighted by molar-refractivity contribution is -0.0389. The lowest BCUT2D eigenvalue weighted by Crippen LogP contribution is -2.64. The molecule has 5 rings (SSSR count). The molecule has 0 amide bonds. The molecule has 0 bridgehead atoms. The van der Waals surface area contributed by atoms with Crippen LogP contribution in [0.15, 0.2) is 50.5 Å². The average Bonchev–Trinajstić information content (AvgIpc) is 4.08. The van der Waals surface area contributed by atoms with Crippen LogP contribution in [-0.2, 0) is 51.9 Å². The van der Waals surface area contributed by atoms with Gasteiger partial charge in [-0.1, -0.05) is 34.6 Å².